The Morgan fingerprint density at radius 2 is 2.00 bits per heavy atom. The minimum Gasteiger partial charge on any atom is -0.481 e. The van der Waals surface area contributed by atoms with Crippen LogP contribution in [0.4, 0.5) is 13.2 Å². The summed E-state index contributed by atoms with van der Waals surface area (Å²) in [5, 5.41) is 11.5. The molecular formula is C13H13F3N2O3. The standard InChI is InChI=1S/C13H13F3N2O3/c14-13(15,16)7-4-5-10(17-6-7)11(19)18-9-3-1-2-8(9)12(20)21/h4-6,8-9H,1-3H2,(H,18,19)(H,20,21). The number of halogens is 3. The lowest BCUT2D eigenvalue weighted by Gasteiger charge is -2.17. The van der Waals surface area contributed by atoms with E-state index in [1.807, 2.05) is 0 Å². The van der Waals surface area contributed by atoms with Gasteiger partial charge in [-0.2, -0.15) is 13.2 Å². The van der Waals surface area contributed by atoms with E-state index in [0.717, 1.165) is 12.1 Å². The average Bonchev–Trinajstić information content (AvgIpc) is 2.86. The lowest BCUT2D eigenvalue weighted by molar-refractivity contribution is -0.142. The number of carbonyl (C=O) groups excluding carboxylic acids is 1. The molecule has 0 radical (unpaired) electrons. The van der Waals surface area contributed by atoms with Gasteiger partial charge in [0.15, 0.2) is 0 Å². The summed E-state index contributed by atoms with van der Waals surface area (Å²) >= 11 is 0. The quantitative estimate of drug-likeness (QED) is 0.896. The number of carboxylic acid groups (broad SMARTS) is 1. The van der Waals surface area contributed by atoms with Crippen LogP contribution in [0, 0.1) is 5.92 Å². The third kappa shape index (κ3) is 3.50. The zero-order valence-corrected chi connectivity index (χ0v) is 10.9. The summed E-state index contributed by atoms with van der Waals surface area (Å²) in [5.74, 6) is -2.32. The highest BCUT2D eigenvalue weighted by atomic mass is 19.4. The number of carboxylic acids is 1. The molecule has 1 fully saturated rings. The topological polar surface area (TPSA) is 79.3 Å². The van der Waals surface area contributed by atoms with Gasteiger partial charge in [-0.15, -0.1) is 0 Å². The molecule has 2 rings (SSSR count). The number of nitrogens with zero attached hydrogens (tertiary/aromatic N) is 1. The largest absolute Gasteiger partial charge is 0.481 e. The molecule has 5 nitrogen and oxygen atoms in total. The fraction of sp³-hybridized carbons (Fsp3) is 0.462. The van der Waals surface area contributed by atoms with Gasteiger partial charge in [-0.25, -0.2) is 0 Å². The first-order valence-electron chi connectivity index (χ1n) is 6.36. The lowest BCUT2D eigenvalue weighted by Crippen LogP contribution is -2.40. The minimum atomic E-state index is -4.51. The smallest absolute Gasteiger partial charge is 0.417 e. The SMILES string of the molecule is O=C(NC1CCCC1C(=O)O)c1ccc(C(F)(F)F)cn1. The highest BCUT2D eigenvalue weighted by Gasteiger charge is 2.34. The molecular weight excluding hydrogens is 289 g/mol. The van der Waals surface area contributed by atoms with Crippen molar-refractivity contribution >= 4 is 11.9 Å². The van der Waals surface area contributed by atoms with E-state index in [1.54, 1.807) is 0 Å². The molecule has 8 heteroatoms. The van der Waals surface area contributed by atoms with Crippen molar-refractivity contribution in [2.24, 2.45) is 5.92 Å². The highest BCUT2D eigenvalue weighted by molar-refractivity contribution is 5.92. The molecule has 0 aliphatic heterocycles. The Balaban J connectivity index is 2.05. The van der Waals surface area contributed by atoms with Crippen molar-refractivity contribution in [1.29, 1.82) is 0 Å². The van der Waals surface area contributed by atoms with Gasteiger partial charge in [0.1, 0.15) is 5.69 Å². The van der Waals surface area contributed by atoms with E-state index in [0.29, 0.717) is 25.5 Å². The Hall–Kier alpha value is -2.12. The molecule has 2 N–H and O–H groups in total. The van der Waals surface area contributed by atoms with Crippen LogP contribution in [0.3, 0.4) is 0 Å². The van der Waals surface area contributed by atoms with Crippen LogP contribution in [0.15, 0.2) is 18.3 Å². The number of aliphatic carboxylic acids is 1. The number of rotatable bonds is 3. The number of carbonyl (C=O) groups is 2. The Morgan fingerprint density at radius 1 is 1.29 bits per heavy atom. The first kappa shape index (κ1) is 15.3. The first-order valence-corrected chi connectivity index (χ1v) is 6.36. The van der Waals surface area contributed by atoms with Gasteiger partial charge in [0.2, 0.25) is 0 Å². The van der Waals surface area contributed by atoms with Crippen LogP contribution < -0.4 is 5.32 Å². The molecule has 1 aromatic heterocycles. The van der Waals surface area contributed by atoms with Crippen molar-refractivity contribution in [2.45, 2.75) is 31.5 Å². The fourth-order valence-electron chi connectivity index (χ4n) is 2.37. The molecule has 1 saturated carbocycles. The second-order valence-corrected chi connectivity index (χ2v) is 4.89. The second kappa shape index (κ2) is 5.71. The van der Waals surface area contributed by atoms with E-state index < -0.39 is 35.6 Å². The maximum Gasteiger partial charge on any atom is 0.417 e. The number of hydrogen-bond donors (Lipinski definition) is 2. The van der Waals surface area contributed by atoms with Crippen molar-refractivity contribution in [1.82, 2.24) is 10.3 Å². The molecule has 1 heterocycles. The highest BCUT2D eigenvalue weighted by Crippen LogP contribution is 2.29. The third-order valence-corrected chi connectivity index (χ3v) is 3.47. The molecule has 21 heavy (non-hydrogen) atoms. The minimum absolute atomic E-state index is 0.168. The molecule has 114 valence electrons. The number of aromatic nitrogens is 1. The van der Waals surface area contributed by atoms with E-state index in [9.17, 15) is 22.8 Å². The van der Waals surface area contributed by atoms with Gasteiger partial charge in [-0.3, -0.25) is 14.6 Å². The van der Waals surface area contributed by atoms with Gasteiger partial charge in [-0.05, 0) is 25.0 Å². The number of hydrogen-bond acceptors (Lipinski definition) is 3. The average molecular weight is 302 g/mol. The summed E-state index contributed by atoms with van der Waals surface area (Å²) in [6.07, 6.45) is -2.24. The molecule has 0 bridgehead atoms. The lowest BCUT2D eigenvalue weighted by atomic mass is 10.0. The van der Waals surface area contributed by atoms with Crippen LogP contribution in [0.2, 0.25) is 0 Å². The normalized spacial score (nSPS) is 22.0. The fourth-order valence-corrected chi connectivity index (χ4v) is 2.37. The third-order valence-electron chi connectivity index (χ3n) is 3.47. The van der Waals surface area contributed by atoms with E-state index in [-0.39, 0.29) is 5.69 Å². The van der Waals surface area contributed by atoms with Gasteiger partial charge in [0, 0.05) is 12.2 Å². The summed E-state index contributed by atoms with van der Waals surface area (Å²) in [7, 11) is 0. The monoisotopic (exact) mass is 302 g/mol. The van der Waals surface area contributed by atoms with Gasteiger partial charge in [-0.1, -0.05) is 6.42 Å². The van der Waals surface area contributed by atoms with Gasteiger partial charge >= 0.3 is 12.1 Å². The second-order valence-electron chi connectivity index (χ2n) is 4.89. The van der Waals surface area contributed by atoms with Gasteiger partial charge in [0.25, 0.3) is 5.91 Å². The molecule has 1 aliphatic rings. The van der Waals surface area contributed by atoms with E-state index in [4.69, 9.17) is 5.11 Å². The predicted octanol–water partition coefficient (Wildman–Crippen LogP) is 2.08. The van der Waals surface area contributed by atoms with Crippen molar-refractivity contribution in [3.05, 3.63) is 29.6 Å². The molecule has 1 aliphatic carbocycles. The molecule has 2 unspecified atom stereocenters. The van der Waals surface area contributed by atoms with Crippen LogP contribution in [0.25, 0.3) is 0 Å². The summed E-state index contributed by atoms with van der Waals surface area (Å²) in [6.45, 7) is 0. The van der Waals surface area contributed by atoms with Gasteiger partial charge in [0.05, 0.1) is 11.5 Å². The number of alkyl halides is 3. The maximum atomic E-state index is 12.4. The summed E-state index contributed by atoms with van der Waals surface area (Å²) in [4.78, 5) is 26.4. The zero-order chi connectivity index (χ0) is 15.6. The number of nitrogens with one attached hydrogen (secondary N) is 1. The van der Waals surface area contributed by atoms with Crippen LogP contribution in [-0.2, 0) is 11.0 Å². The van der Waals surface area contributed by atoms with Crippen LogP contribution in [0.5, 0.6) is 0 Å². The molecule has 0 saturated heterocycles. The molecule has 1 aromatic rings. The molecule has 1 amide bonds. The number of amides is 1. The summed E-state index contributed by atoms with van der Waals surface area (Å²) < 4.78 is 37.1. The van der Waals surface area contributed by atoms with E-state index in [2.05, 4.69) is 10.3 Å². The van der Waals surface area contributed by atoms with Crippen molar-refractivity contribution < 1.29 is 27.9 Å². The Morgan fingerprint density at radius 3 is 2.52 bits per heavy atom. The van der Waals surface area contributed by atoms with Crippen molar-refractivity contribution in [3.63, 3.8) is 0 Å². The van der Waals surface area contributed by atoms with Crippen molar-refractivity contribution in [3.8, 4) is 0 Å². The number of pyridine rings is 1. The molecule has 2 atom stereocenters. The maximum absolute atomic E-state index is 12.4. The molecule has 0 aromatic carbocycles. The van der Waals surface area contributed by atoms with E-state index in [1.165, 1.54) is 0 Å². The van der Waals surface area contributed by atoms with E-state index >= 15 is 0 Å². The van der Waals surface area contributed by atoms with Crippen LogP contribution >= 0.6 is 0 Å². The Kier molecular flexibility index (Phi) is 4.15. The Bertz CT molecular complexity index is 543. The summed E-state index contributed by atoms with van der Waals surface area (Å²) in [6, 6.07) is 1.23. The van der Waals surface area contributed by atoms with Crippen molar-refractivity contribution in [2.75, 3.05) is 0 Å². The first-order chi connectivity index (χ1) is 9.79. The predicted molar refractivity (Wildman–Crippen MR) is 65.5 cm³/mol. The zero-order valence-electron chi connectivity index (χ0n) is 10.9. The van der Waals surface area contributed by atoms with Gasteiger partial charge < -0.3 is 10.4 Å². The molecule has 0 spiro atoms. The van der Waals surface area contributed by atoms with Crippen LogP contribution in [-0.4, -0.2) is 28.0 Å². The summed E-state index contributed by atoms with van der Waals surface area (Å²) in [5.41, 5.74) is -1.11. The van der Waals surface area contributed by atoms with Crippen LogP contribution in [0.1, 0.15) is 35.3 Å². The Labute approximate surface area is 118 Å².